The summed E-state index contributed by atoms with van der Waals surface area (Å²) in [7, 11) is 0. The molecule has 0 saturated carbocycles. The number of carbonyl (C=O) groups excluding carboxylic acids is 1. The first-order valence-electron chi connectivity index (χ1n) is 7.54. The van der Waals surface area contributed by atoms with Crippen molar-refractivity contribution in [3.05, 3.63) is 94.5 Å². The van der Waals surface area contributed by atoms with Crippen molar-refractivity contribution in [2.45, 2.75) is 6.42 Å². The van der Waals surface area contributed by atoms with Crippen LogP contribution in [0, 0.1) is 0 Å². The minimum absolute atomic E-state index is 0.0990. The third kappa shape index (κ3) is 3.94. The van der Waals surface area contributed by atoms with Gasteiger partial charge in [0.1, 0.15) is 5.75 Å². The van der Waals surface area contributed by atoms with Crippen molar-refractivity contribution in [1.29, 1.82) is 0 Å². The Labute approximate surface area is 145 Å². The number of benzene rings is 3. The molecule has 0 heterocycles. The number of phenolic OH excluding ortho intramolecular Hbond substituents is 1. The smallest absolute Gasteiger partial charge is 0.257 e. The maximum atomic E-state index is 11.9. The Balaban J connectivity index is 0.000000198. The summed E-state index contributed by atoms with van der Waals surface area (Å²) in [5.41, 5.74) is 3.89. The fraction of sp³-hybridized carbons (Fsp3) is 0.0500. The molecule has 0 aromatic heterocycles. The molecule has 3 nitrogen and oxygen atoms in total. The Bertz CT molecular complexity index is 852. The van der Waals surface area contributed by atoms with Crippen LogP contribution in [-0.4, -0.2) is 11.0 Å². The first-order chi connectivity index (χ1) is 11.6. The lowest BCUT2D eigenvalue weighted by Crippen LogP contribution is -2.12. The zero-order chi connectivity index (χ0) is 16.9. The van der Waals surface area contributed by atoms with E-state index in [9.17, 15) is 9.90 Å². The number of halogens is 1. The van der Waals surface area contributed by atoms with Crippen molar-refractivity contribution in [3.8, 4) is 5.75 Å². The molecule has 2 bridgehead atoms. The minimum atomic E-state index is -0.304. The first-order valence-corrected chi connectivity index (χ1v) is 7.92. The summed E-state index contributed by atoms with van der Waals surface area (Å²) < 4.78 is 0. The quantitative estimate of drug-likeness (QED) is 0.547. The van der Waals surface area contributed by atoms with Gasteiger partial charge < -0.3 is 10.4 Å². The van der Waals surface area contributed by atoms with Crippen LogP contribution in [0.3, 0.4) is 0 Å². The molecule has 2 aliphatic rings. The fourth-order valence-corrected chi connectivity index (χ4v) is 2.60. The molecular formula is C20H16ClNO2. The Morgan fingerprint density at radius 1 is 0.917 bits per heavy atom. The molecule has 3 aromatic carbocycles. The number of rotatable bonds is 2. The van der Waals surface area contributed by atoms with Crippen LogP contribution in [0.5, 0.6) is 5.75 Å². The zero-order valence-electron chi connectivity index (χ0n) is 12.9. The number of aromatic hydroxyl groups is 1. The largest absolute Gasteiger partial charge is 0.508 e. The number of hydrogen-bond acceptors (Lipinski definition) is 2. The summed E-state index contributed by atoms with van der Waals surface area (Å²) in [6.07, 6.45) is 1.22. The molecule has 0 spiro atoms. The average Bonchev–Trinajstić information content (AvgIpc) is 2.56. The van der Waals surface area contributed by atoms with Crippen LogP contribution < -0.4 is 5.32 Å². The van der Waals surface area contributed by atoms with E-state index in [2.05, 4.69) is 29.6 Å². The van der Waals surface area contributed by atoms with Crippen molar-refractivity contribution in [1.82, 2.24) is 0 Å². The predicted octanol–water partition coefficient (Wildman–Crippen LogP) is 4.89. The SMILES string of the molecule is O=C(Nc1cccc(O)c1)c1ccccc1Cl.c1cc2cc(c1)C2. The molecule has 2 N–H and O–H groups in total. The zero-order valence-corrected chi connectivity index (χ0v) is 13.6. The van der Waals surface area contributed by atoms with E-state index in [4.69, 9.17) is 11.6 Å². The molecule has 1 amide bonds. The van der Waals surface area contributed by atoms with Crippen LogP contribution in [0.15, 0.2) is 72.8 Å². The van der Waals surface area contributed by atoms with Crippen molar-refractivity contribution in [2.24, 2.45) is 0 Å². The van der Waals surface area contributed by atoms with Crippen molar-refractivity contribution in [3.63, 3.8) is 0 Å². The van der Waals surface area contributed by atoms with Gasteiger partial charge in [-0.05, 0) is 41.8 Å². The highest BCUT2D eigenvalue weighted by Gasteiger charge is 2.09. The Hall–Kier alpha value is -2.78. The Morgan fingerprint density at radius 2 is 1.58 bits per heavy atom. The lowest BCUT2D eigenvalue weighted by Gasteiger charge is -2.11. The van der Waals surface area contributed by atoms with Crippen LogP contribution in [0.4, 0.5) is 5.69 Å². The van der Waals surface area contributed by atoms with Crippen molar-refractivity contribution < 1.29 is 9.90 Å². The van der Waals surface area contributed by atoms with Crippen LogP contribution >= 0.6 is 11.6 Å². The molecule has 5 rings (SSSR count). The summed E-state index contributed by atoms with van der Waals surface area (Å²) in [6.45, 7) is 0. The molecular weight excluding hydrogens is 322 g/mol. The molecule has 0 unspecified atom stereocenters. The van der Waals surface area contributed by atoms with E-state index in [0.29, 0.717) is 16.3 Å². The second-order valence-electron chi connectivity index (χ2n) is 5.48. The van der Waals surface area contributed by atoms with Crippen molar-refractivity contribution in [2.75, 3.05) is 5.32 Å². The molecule has 3 aromatic rings. The van der Waals surface area contributed by atoms with Crippen LogP contribution in [0.1, 0.15) is 21.5 Å². The van der Waals surface area contributed by atoms with Gasteiger partial charge in [0.05, 0.1) is 10.6 Å². The number of hydrogen-bond donors (Lipinski definition) is 2. The Morgan fingerprint density at radius 3 is 2.12 bits per heavy atom. The predicted molar refractivity (Wildman–Crippen MR) is 96.8 cm³/mol. The molecule has 4 heteroatoms. The highest BCUT2D eigenvalue weighted by atomic mass is 35.5. The lowest BCUT2D eigenvalue weighted by molar-refractivity contribution is 0.102. The maximum Gasteiger partial charge on any atom is 0.257 e. The van der Waals surface area contributed by atoms with Crippen molar-refractivity contribution >= 4 is 23.2 Å². The molecule has 0 saturated heterocycles. The highest BCUT2D eigenvalue weighted by molar-refractivity contribution is 6.34. The first kappa shape index (κ1) is 16.1. The maximum absolute atomic E-state index is 11.9. The summed E-state index contributed by atoms with van der Waals surface area (Å²) in [4.78, 5) is 11.9. The van der Waals surface area contributed by atoms with E-state index in [1.807, 2.05) is 0 Å². The monoisotopic (exact) mass is 337 g/mol. The molecule has 0 radical (unpaired) electrons. The lowest BCUT2D eigenvalue weighted by atomic mass is 9.94. The topological polar surface area (TPSA) is 49.3 Å². The fourth-order valence-electron chi connectivity index (χ4n) is 2.38. The van der Waals surface area contributed by atoms with E-state index in [0.717, 1.165) is 0 Å². The number of carbonyl (C=O) groups is 1. The normalized spacial score (nSPS) is 10.9. The summed E-state index contributed by atoms with van der Waals surface area (Å²) in [5.74, 6) is -0.205. The average molecular weight is 338 g/mol. The molecule has 120 valence electrons. The molecule has 0 fully saturated rings. The standard InChI is InChI=1S/C13H10ClNO2.C7H6/c14-12-7-2-1-6-11(12)13(17)15-9-4-3-5-10(16)8-9;1-2-6-4-7(3-1)5-6/h1-8,16H,(H,15,17);1-4H,5H2. The van der Waals surface area contributed by atoms with E-state index >= 15 is 0 Å². The van der Waals surface area contributed by atoms with Gasteiger partial charge in [0.15, 0.2) is 0 Å². The van der Waals surface area contributed by atoms with Gasteiger partial charge in [0.25, 0.3) is 5.91 Å². The summed E-state index contributed by atoms with van der Waals surface area (Å²) in [5, 5.41) is 12.3. The van der Waals surface area contributed by atoms with Gasteiger partial charge >= 0.3 is 0 Å². The minimum Gasteiger partial charge on any atom is -0.508 e. The van der Waals surface area contributed by atoms with Gasteiger partial charge in [-0.2, -0.15) is 0 Å². The number of amides is 1. The molecule has 0 atom stereocenters. The third-order valence-electron chi connectivity index (χ3n) is 3.62. The van der Waals surface area contributed by atoms with E-state index in [-0.39, 0.29) is 11.7 Å². The van der Waals surface area contributed by atoms with Crippen LogP contribution in [0.2, 0.25) is 5.02 Å². The number of anilines is 1. The molecule has 2 aliphatic carbocycles. The van der Waals surface area contributed by atoms with E-state index in [1.165, 1.54) is 29.7 Å². The van der Waals surface area contributed by atoms with Crippen LogP contribution in [0.25, 0.3) is 0 Å². The number of fused-ring (bicyclic) bond motifs is 2. The van der Waals surface area contributed by atoms with E-state index < -0.39 is 0 Å². The molecule has 24 heavy (non-hydrogen) atoms. The van der Waals surface area contributed by atoms with E-state index in [1.54, 1.807) is 36.4 Å². The van der Waals surface area contributed by atoms with Gasteiger partial charge in [-0.3, -0.25) is 4.79 Å². The van der Waals surface area contributed by atoms with Gasteiger partial charge in [0.2, 0.25) is 0 Å². The number of phenols is 1. The van der Waals surface area contributed by atoms with Gasteiger partial charge in [-0.25, -0.2) is 0 Å². The second kappa shape index (κ2) is 7.20. The highest BCUT2D eigenvalue weighted by Crippen LogP contribution is 2.20. The summed E-state index contributed by atoms with van der Waals surface area (Å²) in [6, 6.07) is 21.8. The van der Waals surface area contributed by atoms with Crippen LogP contribution in [-0.2, 0) is 6.42 Å². The van der Waals surface area contributed by atoms with Gasteiger partial charge in [-0.1, -0.05) is 54.1 Å². The summed E-state index contributed by atoms with van der Waals surface area (Å²) >= 11 is 5.91. The number of nitrogens with one attached hydrogen (secondary N) is 1. The van der Waals surface area contributed by atoms with Gasteiger partial charge in [0, 0.05) is 11.8 Å². The molecule has 0 aliphatic heterocycles. The second-order valence-corrected chi connectivity index (χ2v) is 5.89. The third-order valence-corrected chi connectivity index (χ3v) is 3.95. The van der Waals surface area contributed by atoms with Gasteiger partial charge in [-0.15, -0.1) is 0 Å². The Kier molecular flexibility index (Phi) is 4.82.